The molecule has 0 heterocycles. The Morgan fingerprint density at radius 2 is 1.52 bits per heavy atom. The van der Waals surface area contributed by atoms with Crippen LogP contribution in [0.25, 0.3) is 33.2 Å². The topological polar surface area (TPSA) is 63.9 Å². The highest BCUT2D eigenvalue weighted by atomic mass is 19.4. The van der Waals surface area contributed by atoms with E-state index in [-0.39, 0.29) is 17.2 Å². The van der Waals surface area contributed by atoms with Gasteiger partial charge in [-0.15, -0.1) is 0 Å². The molecular weight excluding hydrogens is 431 g/mol. The van der Waals surface area contributed by atoms with Gasteiger partial charge in [0.15, 0.2) is 0 Å². The van der Waals surface area contributed by atoms with Gasteiger partial charge in [0.05, 0.1) is 11.3 Å². The summed E-state index contributed by atoms with van der Waals surface area (Å²) in [6, 6.07) is 13.6. The predicted octanol–water partition coefficient (Wildman–Crippen LogP) is 5.27. The van der Waals surface area contributed by atoms with Crippen LogP contribution in [0.4, 0.5) is 18.9 Å². The van der Waals surface area contributed by atoms with E-state index < -0.39 is 11.7 Å². The zero-order valence-corrected chi connectivity index (χ0v) is 18.2. The van der Waals surface area contributed by atoms with E-state index in [1.807, 2.05) is 6.92 Å². The summed E-state index contributed by atoms with van der Waals surface area (Å²) in [5.74, 6) is -0.0321. The standard InChI is InChI=1S/C26H22F3NO3/c1-4-15-9-11-18(23-22(15)24(31)19-7-5-6-8-20(19)25(23)32)14(2)17-12-10-16(26(27,28)29)13-21(17)30(3)33/h4-13,31-33H,1-3H3. The van der Waals surface area contributed by atoms with Gasteiger partial charge in [-0.2, -0.15) is 13.2 Å². The largest absolute Gasteiger partial charge is 0.507 e. The molecule has 0 saturated heterocycles. The number of halogens is 3. The highest BCUT2D eigenvalue weighted by Crippen LogP contribution is 2.39. The quantitative estimate of drug-likeness (QED) is 0.220. The number of nitrogens with zero attached hydrogens (tertiary/aromatic N) is 1. The summed E-state index contributed by atoms with van der Waals surface area (Å²) in [5, 5.41) is 36.0. The lowest BCUT2D eigenvalue weighted by Gasteiger charge is -2.19. The number of fused-ring (bicyclic) bond motifs is 2. The lowest BCUT2D eigenvalue weighted by atomic mass is 9.93. The highest BCUT2D eigenvalue weighted by Gasteiger charge is 2.31. The van der Waals surface area contributed by atoms with Crippen LogP contribution in [0.3, 0.4) is 0 Å². The normalized spacial score (nSPS) is 13.6. The number of rotatable bonds is 2. The minimum atomic E-state index is -4.56. The van der Waals surface area contributed by atoms with Crippen LogP contribution in [0.5, 0.6) is 11.5 Å². The van der Waals surface area contributed by atoms with Gasteiger partial charge in [-0.1, -0.05) is 48.5 Å². The van der Waals surface area contributed by atoms with Crippen molar-refractivity contribution in [1.29, 1.82) is 0 Å². The van der Waals surface area contributed by atoms with Crippen LogP contribution in [0.1, 0.15) is 25.0 Å². The Bertz CT molecular complexity index is 1520. The van der Waals surface area contributed by atoms with Crippen LogP contribution in [-0.4, -0.2) is 22.5 Å². The molecule has 0 fully saturated rings. The number of alkyl halides is 3. The summed E-state index contributed by atoms with van der Waals surface area (Å²) in [6.07, 6.45) is -2.76. The van der Waals surface area contributed by atoms with E-state index in [2.05, 4.69) is 0 Å². The van der Waals surface area contributed by atoms with Gasteiger partial charge in [0.25, 0.3) is 0 Å². The molecule has 0 bridgehead atoms. The lowest BCUT2D eigenvalue weighted by molar-refractivity contribution is -0.137. The number of benzene rings is 4. The van der Waals surface area contributed by atoms with Crippen LogP contribution < -0.4 is 15.5 Å². The second-order valence-electron chi connectivity index (χ2n) is 7.86. The molecule has 0 aliphatic carbocycles. The van der Waals surface area contributed by atoms with Crippen molar-refractivity contribution < 1.29 is 28.6 Å². The average Bonchev–Trinajstić information content (AvgIpc) is 2.80. The lowest BCUT2D eigenvalue weighted by Crippen LogP contribution is -2.18. The Morgan fingerprint density at radius 3 is 2.06 bits per heavy atom. The van der Waals surface area contributed by atoms with E-state index in [1.165, 1.54) is 13.1 Å². The molecule has 4 nitrogen and oxygen atoms in total. The third-order valence-electron chi connectivity index (χ3n) is 5.94. The first kappa shape index (κ1) is 22.5. The number of hydrogen-bond acceptors (Lipinski definition) is 4. The number of aromatic hydroxyl groups is 2. The first-order chi connectivity index (χ1) is 15.6. The summed E-state index contributed by atoms with van der Waals surface area (Å²) in [4.78, 5) is 0. The fourth-order valence-electron chi connectivity index (χ4n) is 4.28. The first-order valence-electron chi connectivity index (χ1n) is 10.2. The van der Waals surface area contributed by atoms with E-state index in [0.29, 0.717) is 48.2 Å². The maximum atomic E-state index is 13.3. The molecular formula is C26H22F3NO3. The third-order valence-corrected chi connectivity index (χ3v) is 5.94. The molecule has 4 rings (SSSR count). The van der Waals surface area contributed by atoms with Crippen LogP contribution in [0, 0.1) is 0 Å². The van der Waals surface area contributed by atoms with Crippen molar-refractivity contribution in [3.05, 3.63) is 76.2 Å². The van der Waals surface area contributed by atoms with Gasteiger partial charge < -0.3 is 10.2 Å². The fraction of sp³-hybridized carbons (Fsp3) is 0.154. The molecule has 0 aromatic heterocycles. The maximum Gasteiger partial charge on any atom is 0.416 e. The number of phenols is 2. The average molecular weight is 453 g/mol. The van der Waals surface area contributed by atoms with Crippen molar-refractivity contribution >= 4 is 38.9 Å². The van der Waals surface area contributed by atoms with Crippen molar-refractivity contribution in [2.45, 2.75) is 20.0 Å². The van der Waals surface area contributed by atoms with Crippen molar-refractivity contribution in [1.82, 2.24) is 0 Å². The fourth-order valence-corrected chi connectivity index (χ4v) is 4.28. The van der Waals surface area contributed by atoms with E-state index >= 15 is 0 Å². The molecule has 3 N–H and O–H groups in total. The van der Waals surface area contributed by atoms with Crippen LogP contribution in [0.2, 0.25) is 0 Å². The van der Waals surface area contributed by atoms with Crippen molar-refractivity contribution in [3.8, 4) is 11.5 Å². The van der Waals surface area contributed by atoms with Gasteiger partial charge >= 0.3 is 6.18 Å². The van der Waals surface area contributed by atoms with Gasteiger partial charge in [0.1, 0.15) is 11.5 Å². The molecule has 0 saturated carbocycles. The smallest absolute Gasteiger partial charge is 0.416 e. The van der Waals surface area contributed by atoms with E-state index in [0.717, 1.165) is 12.1 Å². The molecule has 7 heteroatoms. The van der Waals surface area contributed by atoms with Crippen molar-refractivity contribution in [3.63, 3.8) is 0 Å². The second kappa shape index (κ2) is 8.01. The third kappa shape index (κ3) is 3.64. The second-order valence-corrected chi connectivity index (χ2v) is 7.86. The van der Waals surface area contributed by atoms with Crippen LogP contribution in [0.15, 0.2) is 54.6 Å². The first-order valence-corrected chi connectivity index (χ1v) is 10.2. The molecule has 0 unspecified atom stereocenters. The Hall–Kier alpha value is -3.71. The van der Waals surface area contributed by atoms with Crippen molar-refractivity contribution in [2.75, 3.05) is 12.1 Å². The molecule has 0 radical (unpaired) electrons. The number of anilines is 1. The molecule has 0 aliphatic rings. The summed E-state index contributed by atoms with van der Waals surface area (Å²) < 4.78 is 39.8. The van der Waals surface area contributed by atoms with Crippen LogP contribution >= 0.6 is 0 Å². The highest BCUT2D eigenvalue weighted by molar-refractivity contribution is 6.11. The molecule has 33 heavy (non-hydrogen) atoms. The van der Waals surface area contributed by atoms with Gasteiger partial charge in [0, 0.05) is 34.2 Å². The van der Waals surface area contributed by atoms with Crippen molar-refractivity contribution in [2.24, 2.45) is 0 Å². The molecule has 0 atom stereocenters. The summed E-state index contributed by atoms with van der Waals surface area (Å²) in [6.45, 7) is 3.51. The van der Waals surface area contributed by atoms with Gasteiger partial charge in [-0.3, -0.25) is 10.3 Å². The predicted molar refractivity (Wildman–Crippen MR) is 124 cm³/mol. The minimum absolute atomic E-state index is 0.00747. The Labute approximate surface area is 187 Å². The van der Waals surface area contributed by atoms with Crippen LogP contribution in [-0.2, 0) is 6.18 Å². The minimum Gasteiger partial charge on any atom is -0.507 e. The van der Waals surface area contributed by atoms with Gasteiger partial charge in [0.2, 0.25) is 0 Å². The Morgan fingerprint density at radius 1 is 0.909 bits per heavy atom. The van der Waals surface area contributed by atoms with Gasteiger partial charge in [-0.25, -0.2) is 0 Å². The van der Waals surface area contributed by atoms with E-state index in [4.69, 9.17) is 0 Å². The number of hydroxylamine groups is 1. The zero-order valence-electron chi connectivity index (χ0n) is 18.2. The molecule has 4 aromatic carbocycles. The number of phenolic OH excluding ortho intramolecular Hbond substituents is 2. The molecule has 0 amide bonds. The number of hydrogen-bond donors (Lipinski definition) is 3. The molecule has 170 valence electrons. The molecule has 0 spiro atoms. The zero-order chi connectivity index (χ0) is 24.1. The van der Waals surface area contributed by atoms with E-state index in [9.17, 15) is 28.6 Å². The SMILES string of the molecule is CC=c1ccc(=C(C)c2ccc(C(F)(F)F)cc2N(C)O)c2c(O)c3ccccc3c(O)c12. The maximum absolute atomic E-state index is 13.3. The van der Waals surface area contributed by atoms with Gasteiger partial charge in [-0.05, 0) is 42.0 Å². The molecule has 0 aliphatic heterocycles. The Balaban J connectivity index is 2.20. The van der Waals surface area contributed by atoms with E-state index in [1.54, 1.807) is 49.4 Å². The summed E-state index contributed by atoms with van der Waals surface area (Å²) in [5.41, 5.74) is -0.0415. The summed E-state index contributed by atoms with van der Waals surface area (Å²) >= 11 is 0. The monoisotopic (exact) mass is 453 g/mol. The molecule has 4 aromatic rings. The Kier molecular flexibility index (Phi) is 5.46. The summed E-state index contributed by atoms with van der Waals surface area (Å²) in [7, 11) is 1.25.